The molecule has 104 valence electrons. The Morgan fingerprint density at radius 2 is 2.10 bits per heavy atom. The number of benzene rings is 1. The van der Waals surface area contributed by atoms with Gasteiger partial charge >= 0.3 is 0 Å². The minimum atomic E-state index is 0.140. The summed E-state index contributed by atoms with van der Waals surface area (Å²) in [5.41, 5.74) is 6.95. The number of aromatic nitrogens is 3. The molecular formula is C15H18N4O. The predicted molar refractivity (Wildman–Crippen MR) is 76.6 cm³/mol. The highest BCUT2D eigenvalue weighted by molar-refractivity contribution is 5.41. The lowest BCUT2D eigenvalue weighted by Crippen LogP contribution is -2.19. The second kappa shape index (κ2) is 5.45. The van der Waals surface area contributed by atoms with Gasteiger partial charge in [-0.1, -0.05) is 25.1 Å². The fourth-order valence-corrected chi connectivity index (χ4v) is 2.56. The highest BCUT2D eigenvalue weighted by Gasteiger charge is 2.25. The molecule has 1 unspecified atom stereocenters. The monoisotopic (exact) mass is 270 g/mol. The minimum Gasteiger partial charge on any atom is -0.493 e. The van der Waals surface area contributed by atoms with E-state index < -0.39 is 0 Å². The van der Waals surface area contributed by atoms with Crippen molar-refractivity contribution in [3.05, 3.63) is 41.5 Å². The average molecular weight is 270 g/mol. The van der Waals surface area contributed by atoms with Gasteiger partial charge in [-0.25, -0.2) is 4.98 Å². The first-order valence-corrected chi connectivity index (χ1v) is 7.00. The Labute approximate surface area is 118 Å². The molecule has 0 aliphatic carbocycles. The van der Waals surface area contributed by atoms with Gasteiger partial charge in [0.25, 0.3) is 0 Å². The van der Waals surface area contributed by atoms with Gasteiger partial charge in [0.1, 0.15) is 17.4 Å². The summed E-state index contributed by atoms with van der Waals surface area (Å²) in [5, 5.41) is 0. The SMILES string of the molecule is CCCc1nc(N)nc(C2CCOc3ccccc32)n1. The number of aryl methyl sites for hydroxylation is 1. The molecule has 2 heterocycles. The smallest absolute Gasteiger partial charge is 0.223 e. The summed E-state index contributed by atoms with van der Waals surface area (Å²) in [4.78, 5) is 13.1. The molecule has 1 aromatic carbocycles. The van der Waals surface area contributed by atoms with E-state index in [0.717, 1.165) is 42.2 Å². The van der Waals surface area contributed by atoms with Crippen molar-refractivity contribution in [2.75, 3.05) is 12.3 Å². The molecule has 1 aliphatic rings. The number of nitrogens with two attached hydrogens (primary N) is 1. The molecule has 0 amide bonds. The lowest BCUT2D eigenvalue weighted by molar-refractivity contribution is 0.274. The van der Waals surface area contributed by atoms with Gasteiger partial charge in [0.05, 0.1) is 12.5 Å². The third-order valence-corrected chi connectivity index (χ3v) is 3.46. The second-order valence-electron chi connectivity index (χ2n) is 4.95. The molecule has 0 bridgehead atoms. The van der Waals surface area contributed by atoms with Crippen molar-refractivity contribution in [1.29, 1.82) is 0 Å². The molecule has 1 aromatic heterocycles. The van der Waals surface area contributed by atoms with Crippen LogP contribution in [0.4, 0.5) is 5.95 Å². The number of hydrogen-bond donors (Lipinski definition) is 1. The van der Waals surface area contributed by atoms with E-state index in [2.05, 4.69) is 27.9 Å². The number of rotatable bonds is 3. The zero-order valence-electron chi connectivity index (χ0n) is 11.5. The summed E-state index contributed by atoms with van der Waals surface area (Å²) >= 11 is 0. The van der Waals surface area contributed by atoms with Crippen molar-refractivity contribution in [3.8, 4) is 5.75 Å². The van der Waals surface area contributed by atoms with Crippen LogP contribution in [0, 0.1) is 0 Å². The first-order valence-electron chi connectivity index (χ1n) is 7.00. The van der Waals surface area contributed by atoms with E-state index in [1.807, 2.05) is 18.2 Å². The second-order valence-corrected chi connectivity index (χ2v) is 4.95. The summed E-state index contributed by atoms with van der Waals surface area (Å²) in [6, 6.07) is 8.04. The van der Waals surface area contributed by atoms with Crippen LogP contribution in [0.15, 0.2) is 24.3 Å². The molecule has 0 radical (unpaired) electrons. The Hall–Kier alpha value is -2.17. The van der Waals surface area contributed by atoms with Crippen LogP contribution in [-0.4, -0.2) is 21.6 Å². The van der Waals surface area contributed by atoms with Gasteiger partial charge in [0.2, 0.25) is 5.95 Å². The first-order chi connectivity index (χ1) is 9.78. The van der Waals surface area contributed by atoms with E-state index >= 15 is 0 Å². The van der Waals surface area contributed by atoms with Gasteiger partial charge in [-0.05, 0) is 18.9 Å². The number of nitrogens with zero attached hydrogens (tertiary/aromatic N) is 3. The molecule has 2 aromatic rings. The normalized spacial score (nSPS) is 17.4. The molecule has 0 saturated heterocycles. The predicted octanol–water partition coefficient (Wildman–Crippen LogP) is 2.32. The molecule has 20 heavy (non-hydrogen) atoms. The lowest BCUT2D eigenvalue weighted by Gasteiger charge is -2.24. The molecule has 0 fully saturated rings. The maximum Gasteiger partial charge on any atom is 0.223 e. The Kier molecular flexibility index (Phi) is 3.50. The number of nitrogen functional groups attached to an aromatic ring is 1. The van der Waals surface area contributed by atoms with Gasteiger partial charge < -0.3 is 10.5 Å². The van der Waals surface area contributed by atoms with Crippen LogP contribution >= 0.6 is 0 Å². The standard InChI is InChI=1S/C15H18N4O/c1-2-5-13-17-14(19-15(16)18-13)11-8-9-20-12-7-4-3-6-10(11)12/h3-4,6-7,11H,2,5,8-9H2,1H3,(H2,16,17,18,19). The van der Waals surface area contributed by atoms with Crippen molar-refractivity contribution in [2.24, 2.45) is 0 Å². The van der Waals surface area contributed by atoms with E-state index in [-0.39, 0.29) is 5.92 Å². The Balaban J connectivity index is 2.01. The van der Waals surface area contributed by atoms with Gasteiger partial charge in [0, 0.05) is 12.0 Å². The highest BCUT2D eigenvalue weighted by Crippen LogP contribution is 2.36. The zero-order chi connectivity index (χ0) is 13.9. The molecule has 1 aliphatic heterocycles. The van der Waals surface area contributed by atoms with E-state index in [1.54, 1.807) is 0 Å². The number of para-hydroxylation sites is 1. The van der Waals surface area contributed by atoms with Gasteiger partial charge in [0.15, 0.2) is 0 Å². The third-order valence-electron chi connectivity index (χ3n) is 3.46. The van der Waals surface area contributed by atoms with E-state index in [0.29, 0.717) is 12.6 Å². The molecule has 5 nitrogen and oxygen atoms in total. The maximum atomic E-state index is 5.82. The molecule has 1 atom stereocenters. The van der Waals surface area contributed by atoms with Crippen molar-refractivity contribution in [2.45, 2.75) is 32.1 Å². The Morgan fingerprint density at radius 3 is 2.95 bits per heavy atom. The Morgan fingerprint density at radius 1 is 1.25 bits per heavy atom. The zero-order valence-corrected chi connectivity index (χ0v) is 11.5. The van der Waals surface area contributed by atoms with Crippen LogP contribution in [0.25, 0.3) is 0 Å². The lowest BCUT2D eigenvalue weighted by atomic mass is 9.92. The average Bonchev–Trinajstić information content (AvgIpc) is 2.46. The summed E-state index contributed by atoms with van der Waals surface area (Å²) in [6.45, 7) is 2.78. The maximum absolute atomic E-state index is 5.82. The third kappa shape index (κ3) is 2.43. The molecule has 0 spiro atoms. The van der Waals surface area contributed by atoms with Crippen LogP contribution in [0.5, 0.6) is 5.75 Å². The van der Waals surface area contributed by atoms with Crippen LogP contribution in [0.3, 0.4) is 0 Å². The summed E-state index contributed by atoms with van der Waals surface area (Å²) in [7, 11) is 0. The largest absolute Gasteiger partial charge is 0.493 e. The van der Waals surface area contributed by atoms with Crippen molar-refractivity contribution in [3.63, 3.8) is 0 Å². The van der Waals surface area contributed by atoms with Crippen LogP contribution in [-0.2, 0) is 6.42 Å². The molecule has 5 heteroatoms. The van der Waals surface area contributed by atoms with E-state index in [4.69, 9.17) is 10.5 Å². The fourth-order valence-electron chi connectivity index (χ4n) is 2.56. The quantitative estimate of drug-likeness (QED) is 0.926. The fraction of sp³-hybridized carbons (Fsp3) is 0.400. The highest BCUT2D eigenvalue weighted by atomic mass is 16.5. The number of fused-ring (bicyclic) bond motifs is 1. The molecule has 2 N–H and O–H groups in total. The topological polar surface area (TPSA) is 73.9 Å². The molecule has 3 rings (SSSR count). The number of anilines is 1. The number of ether oxygens (including phenoxy) is 1. The van der Waals surface area contributed by atoms with Crippen molar-refractivity contribution in [1.82, 2.24) is 15.0 Å². The van der Waals surface area contributed by atoms with Crippen molar-refractivity contribution >= 4 is 5.95 Å². The molecular weight excluding hydrogens is 252 g/mol. The Bertz CT molecular complexity index is 615. The van der Waals surface area contributed by atoms with Gasteiger partial charge in [-0.3, -0.25) is 0 Å². The van der Waals surface area contributed by atoms with Crippen LogP contribution < -0.4 is 10.5 Å². The van der Waals surface area contributed by atoms with Crippen molar-refractivity contribution < 1.29 is 4.74 Å². The van der Waals surface area contributed by atoms with Crippen LogP contribution in [0.1, 0.15) is 42.9 Å². The minimum absolute atomic E-state index is 0.140. The number of hydrogen-bond acceptors (Lipinski definition) is 5. The van der Waals surface area contributed by atoms with E-state index in [9.17, 15) is 0 Å². The summed E-state index contributed by atoms with van der Waals surface area (Å²) in [5.74, 6) is 2.90. The van der Waals surface area contributed by atoms with Crippen LogP contribution in [0.2, 0.25) is 0 Å². The van der Waals surface area contributed by atoms with Gasteiger partial charge in [-0.2, -0.15) is 9.97 Å². The first kappa shape index (κ1) is 12.8. The summed E-state index contributed by atoms with van der Waals surface area (Å²) < 4.78 is 5.68. The summed E-state index contributed by atoms with van der Waals surface area (Å²) in [6.07, 6.45) is 2.68. The molecule has 0 saturated carbocycles. The van der Waals surface area contributed by atoms with Gasteiger partial charge in [-0.15, -0.1) is 0 Å². The van der Waals surface area contributed by atoms with E-state index in [1.165, 1.54) is 0 Å².